The zero-order chi connectivity index (χ0) is 13.2. The van der Waals surface area contributed by atoms with Crippen molar-refractivity contribution in [1.82, 2.24) is 30.9 Å². The first-order valence-electron chi connectivity index (χ1n) is 6.22. The first-order valence-corrected chi connectivity index (χ1v) is 6.22. The van der Waals surface area contributed by atoms with Crippen LogP contribution in [-0.4, -0.2) is 38.0 Å². The van der Waals surface area contributed by atoms with Crippen molar-refractivity contribution in [2.45, 2.75) is 32.1 Å². The number of rotatable bonds is 5. The molecular weight excluding hydrogens is 248 g/mol. The molecule has 1 amide bonds. The van der Waals surface area contributed by atoms with E-state index in [4.69, 9.17) is 4.52 Å². The van der Waals surface area contributed by atoms with Gasteiger partial charge in [-0.2, -0.15) is 20.4 Å². The SMILES string of the molecule is Cc1n[nH]nc1C(=O)NCCc1nc(C2CC2)no1. The van der Waals surface area contributed by atoms with Crippen molar-refractivity contribution >= 4 is 5.91 Å². The van der Waals surface area contributed by atoms with Gasteiger partial charge in [0.25, 0.3) is 5.91 Å². The minimum absolute atomic E-state index is 0.256. The number of amides is 1. The third-order valence-corrected chi connectivity index (χ3v) is 2.99. The normalized spacial score (nSPS) is 14.6. The summed E-state index contributed by atoms with van der Waals surface area (Å²) in [6, 6.07) is 0. The van der Waals surface area contributed by atoms with E-state index in [0.29, 0.717) is 36.2 Å². The van der Waals surface area contributed by atoms with Gasteiger partial charge in [-0.05, 0) is 19.8 Å². The van der Waals surface area contributed by atoms with Gasteiger partial charge in [-0.3, -0.25) is 4.79 Å². The monoisotopic (exact) mass is 262 g/mol. The molecule has 0 unspecified atom stereocenters. The number of hydrogen-bond acceptors (Lipinski definition) is 6. The van der Waals surface area contributed by atoms with Crippen molar-refractivity contribution in [2.24, 2.45) is 0 Å². The van der Waals surface area contributed by atoms with Crippen molar-refractivity contribution < 1.29 is 9.32 Å². The molecule has 0 radical (unpaired) electrons. The summed E-state index contributed by atoms with van der Waals surface area (Å²) in [5.41, 5.74) is 0.885. The lowest BCUT2D eigenvalue weighted by Gasteiger charge is -2.00. The molecule has 2 heterocycles. The molecule has 1 fully saturated rings. The van der Waals surface area contributed by atoms with Crippen LogP contribution in [-0.2, 0) is 6.42 Å². The van der Waals surface area contributed by atoms with E-state index in [2.05, 4.69) is 30.9 Å². The molecule has 1 aliphatic rings. The highest BCUT2D eigenvalue weighted by atomic mass is 16.5. The summed E-state index contributed by atoms with van der Waals surface area (Å²) in [6.45, 7) is 2.15. The molecule has 8 nitrogen and oxygen atoms in total. The minimum atomic E-state index is -0.256. The molecule has 1 saturated carbocycles. The molecule has 0 saturated heterocycles. The van der Waals surface area contributed by atoms with Gasteiger partial charge in [0, 0.05) is 18.9 Å². The van der Waals surface area contributed by atoms with E-state index in [9.17, 15) is 4.79 Å². The molecule has 8 heteroatoms. The van der Waals surface area contributed by atoms with E-state index in [1.54, 1.807) is 6.92 Å². The topological polar surface area (TPSA) is 110 Å². The number of nitrogens with one attached hydrogen (secondary N) is 2. The molecule has 2 N–H and O–H groups in total. The van der Waals surface area contributed by atoms with E-state index in [-0.39, 0.29) is 5.91 Å². The number of aromatic amines is 1. The number of carbonyl (C=O) groups excluding carboxylic acids is 1. The van der Waals surface area contributed by atoms with Crippen molar-refractivity contribution in [2.75, 3.05) is 6.54 Å². The van der Waals surface area contributed by atoms with Gasteiger partial charge in [0.2, 0.25) is 5.89 Å². The molecular formula is C11H14N6O2. The summed E-state index contributed by atoms with van der Waals surface area (Å²) < 4.78 is 5.12. The predicted octanol–water partition coefficient (Wildman–Crippen LogP) is 0.346. The Morgan fingerprint density at radius 1 is 1.47 bits per heavy atom. The molecule has 1 aliphatic carbocycles. The van der Waals surface area contributed by atoms with Crippen LogP contribution in [0, 0.1) is 6.92 Å². The molecule has 3 rings (SSSR count). The average molecular weight is 262 g/mol. The van der Waals surface area contributed by atoms with E-state index < -0.39 is 0 Å². The van der Waals surface area contributed by atoms with Gasteiger partial charge in [0.1, 0.15) is 0 Å². The lowest BCUT2D eigenvalue weighted by molar-refractivity contribution is 0.0947. The van der Waals surface area contributed by atoms with Crippen molar-refractivity contribution in [3.05, 3.63) is 23.1 Å². The van der Waals surface area contributed by atoms with E-state index in [1.807, 2.05) is 0 Å². The first-order chi connectivity index (χ1) is 9.24. The van der Waals surface area contributed by atoms with E-state index in [1.165, 1.54) is 0 Å². The van der Waals surface area contributed by atoms with Crippen molar-refractivity contribution in [1.29, 1.82) is 0 Å². The van der Waals surface area contributed by atoms with Crippen LogP contribution in [0.2, 0.25) is 0 Å². The molecule has 0 spiro atoms. The smallest absolute Gasteiger partial charge is 0.273 e. The average Bonchev–Trinajstić information content (AvgIpc) is 2.99. The van der Waals surface area contributed by atoms with Gasteiger partial charge in [-0.25, -0.2) is 0 Å². The molecule has 2 aromatic rings. The van der Waals surface area contributed by atoms with Crippen LogP contribution < -0.4 is 5.32 Å². The van der Waals surface area contributed by atoms with Gasteiger partial charge in [0.15, 0.2) is 11.5 Å². The summed E-state index contributed by atoms with van der Waals surface area (Å²) in [5.74, 6) is 1.56. The highest BCUT2D eigenvalue weighted by Crippen LogP contribution is 2.38. The third kappa shape index (κ3) is 2.61. The van der Waals surface area contributed by atoms with Crippen LogP contribution in [0.5, 0.6) is 0 Å². The third-order valence-electron chi connectivity index (χ3n) is 2.99. The van der Waals surface area contributed by atoms with Crippen molar-refractivity contribution in [3.8, 4) is 0 Å². The first kappa shape index (κ1) is 11.8. The fraction of sp³-hybridized carbons (Fsp3) is 0.545. The number of aryl methyl sites for hydroxylation is 1. The molecule has 0 aliphatic heterocycles. The van der Waals surface area contributed by atoms with Crippen LogP contribution in [0.25, 0.3) is 0 Å². The molecule has 100 valence electrons. The fourth-order valence-corrected chi connectivity index (χ4v) is 1.74. The Morgan fingerprint density at radius 2 is 2.32 bits per heavy atom. The number of nitrogens with zero attached hydrogens (tertiary/aromatic N) is 4. The van der Waals surface area contributed by atoms with Gasteiger partial charge in [0.05, 0.1) is 5.69 Å². The number of hydrogen-bond donors (Lipinski definition) is 2. The second-order valence-electron chi connectivity index (χ2n) is 4.58. The summed E-state index contributed by atoms with van der Waals surface area (Å²) in [7, 11) is 0. The summed E-state index contributed by atoms with van der Waals surface area (Å²) >= 11 is 0. The van der Waals surface area contributed by atoms with Gasteiger partial charge in [-0.15, -0.1) is 0 Å². The summed E-state index contributed by atoms with van der Waals surface area (Å²) in [4.78, 5) is 16.0. The quantitative estimate of drug-likeness (QED) is 0.804. The number of carbonyl (C=O) groups is 1. The maximum atomic E-state index is 11.7. The van der Waals surface area contributed by atoms with Crippen LogP contribution >= 0.6 is 0 Å². The maximum absolute atomic E-state index is 11.7. The van der Waals surface area contributed by atoms with Gasteiger partial charge in [-0.1, -0.05) is 5.16 Å². The highest BCUT2D eigenvalue weighted by Gasteiger charge is 2.28. The largest absolute Gasteiger partial charge is 0.350 e. The van der Waals surface area contributed by atoms with Crippen LogP contribution in [0.4, 0.5) is 0 Å². The molecule has 19 heavy (non-hydrogen) atoms. The molecule has 2 aromatic heterocycles. The van der Waals surface area contributed by atoms with Crippen LogP contribution in [0.15, 0.2) is 4.52 Å². The lowest BCUT2D eigenvalue weighted by Crippen LogP contribution is -2.26. The zero-order valence-corrected chi connectivity index (χ0v) is 10.5. The number of H-pyrrole nitrogens is 1. The second kappa shape index (κ2) is 4.79. The maximum Gasteiger partial charge on any atom is 0.273 e. The Bertz CT molecular complexity index is 586. The Morgan fingerprint density at radius 3 is 3.00 bits per heavy atom. The van der Waals surface area contributed by atoms with Crippen LogP contribution in [0.1, 0.15) is 46.7 Å². The molecule has 0 aromatic carbocycles. The summed E-state index contributed by atoms with van der Waals surface area (Å²) in [6.07, 6.45) is 2.80. The Balaban J connectivity index is 1.49. The number of aromatic nitrogens is 5. The predicted molar refractivity (Wildman–Crippen MR) is 63.4 cm³/mol. The lowest BCUT2D eigenvalue weighted by atomic mass is 10.3. The van der Waals surface area contributed by atoms with Gasteiger partial charge < -0.3 is 9.84 Å². The Kier molecular flexibility index (Phi) is 2.98. The standard InChI is InChI=1S/C11H14N6O2/c1-6-9(15-17-14-6)11(18)12-5-4-8-13-10(16-19-8)7-2-3-7/h7H,2-5H2,1H3,(H,12,18)(H,14,15,17). The fourth-order valence-electron chi connectivity index (χ4n) is 1.74. The van der Waals surface area contributed by atoms with Gasteiger partial charge >= 0.3 is 0 Å². The second-order valence-corrected chi connectivity index (χ2v) is 4.58. The van der Waals surface area contributed by atoms with E-state index in [0.717, 1.165) is 18.7 Å². The molecule has 0 bridgehead atoms. The Labute approximate surface area is 109 Å². The van der Waals surface area contributed by atoms with E-state index >= 15 is 0 Å². The van der Waals surface area contributed by atoms with Crippen molar-refractivity contribution in [3.63, 3.8) is 0 Å². The highest BCUT2D eigenvalue weighted by molar-refractivity contribution is 5.93. The summed E-state index contributed by atoms with van der Waals surface area (Å²) in [5, 5.41) is 16.6. The Hall–Kier alpha value is -2.25. The van der Waals surface area contributed by atoms with Crippen LogP contribution in [0.3, 0.4) is 0 Å². The minimum Gasteiger partial charge on any atom is -0.350 e. The molecule has 0 atom stereocenters. The zero-order valence-electron chi connectivity index (χ0n) is 10.5.